The van der Waals surface area contributed by atoms with Crippen molar-refractivity contribution < 1.29 is 13.9 Å². The van der Waals surface area contributed by atoms with Crippen LogP contribution < -0.4 is 5.73 Å². The first-order chi connectivity index (χ1) is 14.7. The van der Waals surface area contributed by atoms with Gasteiger partial charge in [-0.1, -0.05) is 0 Å². The van der Waals surface area contributed by atoms with Crippen LogP contribution in [0.25, 0.3) is 22.6 Å². The van der Waals surface area contributed by atoms with Gasteiger partial charge in [-0.3, -0.25) is 0 Å². The summed E-state index contributed by atoms with van der Waals surface area (Å²) in [5.74, 6) is -0.170. The Labute approximate surface area is 179 Å². The number of hydrogen-bond donors (Lipinski definition) is 1. The number of imidazole rings is 1. The van der Waals surface area contributed by atoms with Gasteiger partial charge in [-0.05, 0) is 57.5 Å². The van der Waals surface area contributed by atoms with Crippen molar-refractivity contribution in [3.05, 3.63) is 48.7 Å². The largest absolute Gasteiger partial charge is 0.444 e. The van der Waals surface area contributed by atoms with Crippen molar-refractivity contribution in [2.45, 2.75) is 38.8 Å². The Hall–Kier alpha value is -3.49. The average molecular weight is 424 g/mol. The summed E-state index contributed by atoms with van der Waals surface area (Å²) in [6, 6.07) is 7.89. The zero-order valence-electron chi connectivity index (χ0n) is 17.7. The summed E-state index contributed by atoms with van der Waals surface area (Å²) in [7, 11) is 0. The van der Waals surface area contributed by atoms with Crippen LogP contribution in [0, 0.1) is 5.82 Å². The quantitative estimate of drug-likeness (QED) is 0.684. The van der Waals surface area contributed by atoms with Gasteiger partial charge in [0.05, 0.1) is 29.5 Å². The van der Waals surface area contributed by atoms with E-state index >= 15 is 0 Å². The Kier molecular flexibility index (Phi) is 5.34. The van der Waals surface area contributed by atoms with E-state index in [-0.39, 0.29) is 23.9 Å². The molecule has 1 aliphatic heterocycles. The van der Waals surface area contributed by atoms with Gasteiger partial charge in [-0.2, -0.15) is 0 Å². The normalized spacial score (nSPS) is 16.5. The van der Waals surface area contributed by atoms with E-state index in [4.69, 9.17) is 10.5 Å². The first-order valence-corrected chi connectivity index (χ1v) is 10.1. The Balaban J connectivity index is 1.70. The number of nitrogen functional groups attached to an aromatic ring is 1. The molecule has 2 aromatic heterocycles. The summed E-state index contributed by atoms with van der Waals surface area (Å²) < 4.78 is 21.0. The van der Waals surface area contributed by atoms with Crippen LogP contribution in [-0.4, -0.2) is 49.2 Å². The lowest BCUT2D eigenvalue weighted by Gasteiger charge is -2.24. The number of rotatable bonds is 3. The summed E-state index contributed by atoms with van der Waals surface area (Å²) in [6.45, 7) is 6.61. The van der Waals surface area contributed by atoms with Crippen molar-refractivity contribution in [3.8, 4) is 22.6 Å². The zero-order valence-corrected chi connectivity index (χ0v) is 17.7. The number of carbonyl (C=O) groups excluding carboxylic acids is 1. The molecule has 9 heteroatoms. The van der Waals surface area contributed by atoms with Crippen LogP contribution >= 0.6 is 0 Å². The fraction of sp³-hybridized carbons (Fsp3) is 0.364. The highest BCUT2D eigenvalue weighted by atomic mass is 19.1. The van der Waals surface area contributed by atoms with E-state index in [1.54, 1.807) is 35.6 Å². The van der Waals surface area contributed by atoms with Gasteiger partial charge in [0.25, 0.3) is 0 Å². The molecule has 0 aliphatic carbocycles. The van der Waals surface area contributed by atoms with Crippen LogP contribution in [0.2, 0.25) is 0 Å². The van der Waals surface area contributed by atoms with Crippen LogP contribution in [0.15, 0.2) is 42.9 Å². The number of benzene rings is 1. The maximum absolute atomic E-state index is 13.5. The molecule has 2 N–H and O–H groups in total. The van der Waals surface area contributed by atoms with E-state index in [1.807, 2.05) is 25.3 Å². The molecule has 0 radical (unpaired) electrons. The molecule has 31 heavy (non-hydrogen) atoms. The molecule has 0 bridgehead atoms. The lowest BCUT2D eigenvalue weighted by atomic mass is 10.1. The molecule has 1 aliphatic rings. The van der Waals surface area contributed by atoms with Crippen molar-refractivity contribution in [2.24, 2.45) is 0 Å². The molecule has 1 fully saturated rings. The van der Waals surface area contributed by atoms with Crippen LogP contribution in [0.4, 0.5) is 15.1 Å². The van der Waals surface area contributed by atoms with Crippen molar-refractivity contribution in [1.82, 2.24) is 24.4 Å². The summed E-state index contributed by atoms with van der Waals surface area (Å²) in [5, 5.41) is 0. The summed E-state index contributed by atoms with van der Waals surface area (Å²) in [6.07, 6.45) is 3.73. The second-order valence-electron chi connectivity index (χ2n) is 8.52. The molecule has 1 saturated heterocycles. The van der Waals surface area contributed by atoms with Gasteiger partial charge in [0.1, 0.15) is 11.4 Å². The second-order valence-corrected chi connectivity index (χ2v) is 8.52. The molecule has 162 valence electrons. The van der Waals surface area contributed by atoms with Gasteiger partial charge >= 0.3 is 6.09 Å². The van der Waals surface area contributed by atoms with E-state index < -0.39 is 5.60 Å². The molecule has 0 saturated carbocycles. The monoisotopic (exact) mass is 424 g/mol. The first kappa shape index (κ1) is 20.8. The number of hydrogen-bond acceptors (Lipinski definition) is 6. The number of anilines is 1. The molecular weight excluding hydrogens is 399 g/mol. The average Bonchev–Trinajstić information content (AvgIpc) is 3.34. The molecule has 1 atom stereocenters. The Morgan fingerprint density at radius 3 is 2.61 bits per heavy atom. The fourth-order valence-corrected chi connectivity index (χ4v) is 3.68. The minimum atomic E-state index is -0.552. The third-order valence-electron chi connectivity index (χ3n) is 5.04. The molecule has 8 nitrogen and oxygen atoms in total. The Bertz CT molecular complexity index is 1090. The molecule has 1 amide bonds. The standard InChI is InChI=1S/C22H25FN6O2/c1-22(2,3)31-21(30)28-11-9-16(12-28)29-13-26-18(14-4-6-15(23)7-5-14)19(29)17-8-10-25-20(24)27-17/h4-8,10,13,16H,9,11-12H2,1-3H3,(H2,24,25,27). The number of carbonyl (C=O) groups is 1. The van der Waals surface area contributed by atoms with Gasteiger partial charge in [0.15, 0.2) is 0 Å². The molecule has 1 unspecified atom stereocenters. The van der Waals surface area contributed by atoms with Crippen LogP contribution in [0.1, 0.15) is 33.2 Å². The van der Waals surface area contributed by atoms with E-state index in [0.717, 1.165) is 17.7 Å². The molecule has 3 aromatic rings. The van der Waals surface area contributed by atoms with Gasteiger partial charge in [0.2, 0.25) is 5.95 Å². The smallest absolute Gasteiger partial charge is 0.410 e. The number of aromatic nitrogens is 4. The Morgan fingerprint density at radius 1 is 1.19 bits per heavy atom. The number of nitrogens with zero attached hydrogens (tertiary/aromatic N) is 5. The second kappa shape index (κ2) is 7.98. The highest BCUT2D eigenvalue weighted by Gasteiger charge is 2.32. The summed E-state index contributed by atoms with van der Waals surface area (Å²) >= 11 is 0. The highest BCUT2D eigenvalue weighted by molar-refractivity contribution is 5.77. The van der Waals surface area contributed by atoms with Gasteiger partial charge in [-0.15, -0.1) is 0 Å². The number of halogens is 1. The maximum Gasteiger partial charge on any atom is 0.410 e. The highest BCUT2D eigenvalue weighted by Crippen LogP contribution is 2.35. The van der Waals surface area contributed by atoms with Crippen LogP contribution in [0.5, 0.6) is 0 Å². The van der Waals surface area contributed by atoms with Gasteiger partial charge in [-0.25, -0.2) is 24.1 Å². The predicted octanol–water partition coefficient (Wildman–Crippen LogP) is 3.91. The first-order valence-electron chi connectivity index (χ1n) is 10.1. The summed E-state index contributed by atoms with van der Waals surface area (Å²) in [5.41, 5.74) is 8.05. The van der Waals surface area contributed by atoms with Gasteiger partial charge in [0, 0.05) is 24.8 Å². The van der Waals surface area contributed by atoms with E-state index in [0.29, 0.717) is 24.5 Å². The third kappa shape index (κ3) is 4.50. The van der Waals surface area contributed by atoms with Crippen molar-refractivity contribution in [3.63, 3.8) is 0 Å². The molecule has 1 aromatic carbocycles. The molecule has 4 rings (SSSR count). The number of likely N-dealkylation sites (tertiary alicyclic amines) is 1. The molecular formula is C22H25FN6O2. The van der Waals surface area contributed by atoms with Gasteiger partial charge < -0.3 is 19.9 Å². The summed E-state index contributed by atoms with van der Waals surface area (Å²) in [4.78, 5) is 27.2. The SMILES string of the molecule is CC(C)(C)OC(=O)N1CCC(n2cnc(-c3ccc(F)cc3)c2-c2ccnc(N)n2)C1. The number of nitrogens with two attached hydrogens (primary N) is 1. The minimum absolute atomic E-state index is 0.0135. The Morgan fingerprint density at radius 2 is 1.94 bits per heavy atom. The molecule has 0 spiro atoms. The third-order valence-corrected chi connectivity index (χ3v) is 5.04. The topological polar surface area (TPSA) is 99.2 Å². The van der Waals surface area contributed by atoms with E-state index in [1.165, 1.54) is 12.1 Å². The van der Waals surface area contributed by atoms with Crippen molar-refractivity contribution >= 4 is 12.0 Å². The number of ether oxygens (including phenoxy) is 1. The van der Waals surface area contributed by atoms with Crippen molar-refractivity contribution in [2.75, 3.05) is 18.8 Å². The van der Waals surface area contributed by atoms with E-state index in [2.05, 4.69) is 15.0 Å². The lowest BCUT2D eigenvalue weighted by Crippen LogP contribution is -2.35. The van der Waals surface area contributed by atoms with Crippen LogP contribution in [-0.2, 0) is 4.74 Å². The number of amides is 1. The lowest BCUT2D eigenvalue weighted by molar-refractivity contribution is 0.0289. The molecule has 3 heterocycles. The predicted molar refractivity (Wildman–Crippen MR) is 115 cm³/mol. The zero-order chi connectivity index (χ0) is 22.2. The fourth-order valence-electron chi connectivity index (χ4n) is 3.68. The van der Waals surface area contributed by atoms with Crippen molar-refractivity contribution in [1.29, 1.82) is 0 Å². The van der Waals surface area contributed by atoms with E-state index in [9.17, 15) is 9.18 Å². The minimum Gasteiger partial charge on any atom is -0.444 e. The maximum atomic E-state index is 13.5. The van der Waals surface area contributed by atoms with Crippen LogP contribution in [0.3, 0.4) is 0 Å².